The van der Waals surface area contributed by atoms with Gasteiger partial charge in [-0.15, -0.1) is 11.3 Å². The van der Waals surface area contributed by atoms with E-state index in [0.29, 0.717) is 10.6 Å². The maximum atomic E-state index is 12.3. The van der Waals surface area contributed by atoms with Crippen LogP contribution in [0.25, 0.3) is 0 Å². The van der Waals surface area contributed by atoms with E-state index in [4.69, 9.17) is 4.74 Å². The lowest BCUT2D eigenvalue weighted by Gasteiger charge is -2.10. The lowest BCUT2D eigenvalue weighted by atomic mass is 10.2. The van der Waals surface area contributed by atoms with Gasteiger partial charge in [0.05, 0.1) is 10.9 Å². The van der Waals surface area contributed by atoms with Gasteiger partial charge in [0, 0.05) is 10.6 Å². The molecule has 20 heavy (non-hydrogen) atoms. The molecule has 0 amide bonds. The Hall–Kier alpha value is -1.05. The molecule has 0 aliphatic heterocycles. The van der Waals surface area contributed by atoms with Crippen molar-refractivity contribution >= 4 is 43.0 Å². The fourth-order valence-corrected chi connectivity index (χ4v) is 5.31. The number of hydrogen-bond acceptors (Lipinski definition) is 4. The van der Waals surface area contributed by atoms with Gasteiger partial charge >= 0.3 is 0 Å². The number of benzene rings is 1. The number of ether oxygens (including phenoxy) is 1. The Morgan fingerprint density at radius 1 is 1.25 bits per heavy atom. The van der Waals surface area contributed by atoms with Crippen LogP contribution < -0.4 is 9.46 Å². The molecule has 0 atom stereocenters. The van der Waals surface area contributed by atoms with Crippen molar-refractivity contribution in [3.05, 3.63) is 38.5 Å². The van der Waals surface area contributed by atoms with Gasteiger partial charge in [0.25, 0.3) is 10.0 Å². The van der Waals surface area contributed by atoms with E-state index < -0.39 is 10.0 Å². The summed E-state index contributed by atoms with van der Waals surface area (Å²) in [7, 11) is -1.99. The molecular weight excluding hydrogens is 362 g/mol. The van der Waals surface area contributed by atoms with Crippen molar-refractivity contribution in [3.63, 3.8) is 0 Å². The summed E-state index contributed by atoms with van der Waals surface area (Å²) >= 11 is 4.69. The molecule has 1 heterocycles. The van der Waals surface area contributed by atoms with Crippen LogP contribution in [-0.2, 0) is 10.0 Å². The van der Waals surface area contributed by atoms with Gasteiger partial charge in [-0.1, -0.05) is 0 Å². The van der Waals surface area contributed by atoms with Gasteiger partial charge in [-0.05, 0) is 59.6 Å². The number of nitrogens with one attached hydrogen (secondary N) is 1. The Bertz CT molecular complexity index is 738. The predicted molar refractivity (Wildman–Crippen MR) is 85.3 cm³/mol. The van der Waals surface area contributed by atoms with Crippen LogP contribution in [0.2, 0.25) is 0 Å². The SMILES string of the molecule is COc1ccc(NS(=O)(=O)c2cc(Br)sc2C)cc1C. The molecule has 0 saturated heterocycles. The van der Waals surface area contributed by atoms with Gasteiger partial charge in [0.15, 0.2) is 0 Å². The molecule has 0 unspecified atom stereocenters. The molecule has 0 spiro atoms. The van der Waals surface area contributed by atoms with Crippen molar-refractivity contribution in [2.75, 3.05) is 11.8 Å². The minimum atomic E-state index is -3.57. The molecule has 1 aromatic carbocycles. The van der Waals surface area contributed by atoms with Crippen LogP contribution in [0, 0.1) is 13.8 Å². The summed E-state index contributed by atoms with van der Waals surface area (Å²) in [6, 6.07) is 6.77. The predicted octanol–water partition coefficient (Wildman–Crippen LogP) is 3.94. The average Bonchev–Trinajstić information content (AvgIpc) is 2.69. The van der Waals surface area contributed by atoms with Crippen molar-refractivity contribution in [1.29, 1.82) is 0 Å². The number of rotatable bonds is 4. The quantitative estimate of drug-likeness (QED) is 0.880. The van der Waals surface area contributed by atoms with Crippen LogP contribution in [0.15, 0.2) is 32.9 Å². The Labute approximate surface area is 131 Å². The lowest BCUT2D eigenvalue weighted by molar-refractivity contribution is 0.412. The highest BCUT2D eigenvalue weighted by atomic mass is 79.9. The van der Waals surface area contributed by atoms with Crippen molar-refractivity contribution in [1.82, 2.24) is 0 Å². The molecule has 0 saturated carbocycles. The number of sulfonamides is 1. The van der Waals surface area contributed by atoms with Crippen molar-refractivity contribution in [2.24, 2.45) is 0 Å². The van der Waals surface area contributed by atoms with E-state index in [1.807, 2.05) is 6.92 Å². The van der Waals surface area contributed by atoms with Gasteiger partial charge < -0.3 is 4.74 Å². The zero-order chi connectivity index (χ0) is 14.9. The molecule has 1 N–H and O–H groups in total. The Balaban J connectivity index is 2.33. The summed E-state index contributed by atoms with van der Waals surface area (Å²) < 4.78 is 33.2. The molecule has 0 aliphatic rings. The fraction of sp³-hybridized carbons (Fsp3) is 0.231. The molecule has 2 rings (SSSR count). The van der Waals surface area contributed by atoms with Gasteiger partial charge in [0.1, 0.15) is 10.6 Å². The van der Waals surface area contributed by atoms with E-state index in [-0.39, 0.29) is 0 Å². The number of hydrogen-bond donors (Lipinski definition) is 1. The minimum absolute atomic E-state index is 0.294. The molecule has 0 bridgehead atoms. The third kappa shape index (κ3) is 3.16. The summed E-state index contributed by atoms with van der Waals surface area (Å²) in [6.07, 6.45) is 0. The maximum absolute atomic E-state index is 12.3. The summed E-state index contributed by atoms with van der Waals surface area (Å²) in [6.45, 7) is 3.65. The van der Waals surface area contributed by atoms with Crippen LogP contribution in [0.3, 0.4) is 0 Å². The molecule has 2 aromatic rings. The summed E-state index contributed by atoms with van der Waals surface area (Å²) in [5.41, 5.74) is 1.39. The molecular formula is C13H14BrNO3S2. The van der Waals surface area contributed by atoms with Crippen LogP contribution in [0.5, 0.6) is 5.75 Å². The number of aryl methyl sites for hydroxylation is 2. The van der Waals surface area contributed by atoms with Crippen molar-refractivity contribution in [3.8, 4) is 5.75 Å². The highest BCUT2D eigenvalue weighted by Gasteiger charge is 2.19. The maximum Gasteiger partial charge on any atom is 0.263 e. The monoisotopic (exact) mass is 375 g/mol. The Morgan fingerprint density at radius 2 is 1.95 bits per heavy atom. The first-order valence-corrected chi connectivity index (χ1v) is 8.86. The van der Waals surface area contributed by atoms with Gasteiger partial charge in [-0.3, -0.25) is 4.72 Å². The third-order valence-electron chi connectivity index (χ3n) is 2.78. The third-order valence-corrected chi connectivity index (χ3v) is 5.97. The van der Waals surface area contributed by atoms with Gasteiger partial charge in [-0.2, -0.15) is 0 Å². The van der Waals surface area contributed by atoms with E-state index in [0.717, 1.165) is 20.0 Å². The van der Waals surface area contributed by atoms with Crippen molar-refractivity contribution < 1.29 is 13.2 Å². The second-order valence-corrected chi connectivity index (χ2v) is 8.55. The Morgan fingerprint density at radius 3 is 2.45 bits per heavy atom. The van der Waals surface area contributed by atoms with E-state index in [9.17, 15) is 8.42 Å². The topological polar surface area (TPSA) is 55.4 Å². The highest BCUT2D eigenvalue weighted by molar-refractivity contribution is 9.11. The standard InChI is InChI=1S/C13H14BrNO3S2/c1-8-6-10(4-5-11(8)18-3)15-20(16,17)12-7-13(14)19-9(12)2/h4-7,15H,1-3H3. The van der Waals surface area contributed by atoms with Gasteiger partial charge in [0.2, 0.25) is 0 Å². The first-order valence-electron chi connectivity index (χ1n) is 5.77. The van der Waals surface area contributed by atoms with Crippen LogP contribution in [0.4, 0.5) is 5.69 Å². The van der Waals surface area contributed by atoms with E-state index in [1.54, 1.807) is 38.3 Å². The molecule has 0 aliphatic carbocycles. The molecule has 108 valence electrons. The molecule has 7 heteroatoms. The Kier molecular flexibility index (Phi) is 4.41. The first kappa shape index (κ1) is 15.3. The molecule has 4 nitrogen and oxygen atoms in total. The number of halogens is 1. The lowest BCUT2D eigenvalue weighted by Crippen LogP contribution is -2.13. The number of anilines is 1. The molecule has 1 aromatic heterocycles. The summed E-state index contributed by atoms with van der Waals surface area (Å²) in [5.74, 6) is 0.724. The van der Waals surface area contributed by atoms with E-state index >= 15 is 0 Å². The minimum Gasteiger partial charge on any atom is -0.496 e. The zero-order valence-electron chi connectivity index (χ0n) is 11.2. The van der Waals surface area contributed by atoms with E-state index in [1.165, 1.54) is 11.3 Å². The summed E-state index contributed by atoms with van der Waals surface area (Å²) in [5, 5.41) is 0. The second kappa shape index (κ2) is 5.75. The largest absolute Gasteiger partial charge is 0.496 e. The normalized spacial score (nSPS) is 11.4. The van der Waals surface area contributed by atoms with Crippen molar-refractivity contribution in [2.45, 2.75) is 18.7 Å². The van der Waals surface area contributed by atoms with Gasteiger partial charge in [-0.25, -0.2) is 8.42 Å². The number of thiophene rings is 1. The average molecular weight is 376 g/mol. The highest BCUT2D eigenvalue weighted by Crippen LogP contribution is 2.31. The number of methoxy groups -OCH3 is 1. The van der Waals surface area contributed by atoms with Crippen LogP contribution >= 0.6 is 27.3 Å². The molecule has 0 fully saturated rings. The smallest absolute Gasteiger partial charge is 0.263 e. The fourth-order valence-electron chi connectivity index (χ4n) is 1.85. The van der Waals surface area contributed by atoms with Crippen LogP contribution in [0.1, 0.15) is 10.4 Å². The summed E-state index contributed by atoms with van der Waals surface area (Å²) in [4.78, 5) is 1.04. The zero-order valence-corrected chi connectivity index (χ0v) is 14.4. The molecule has 0 radical (unpaired) electrons. The van der Waals surface area contributed by atoms with E-state index in [2.05, 4.69) is 20.7 Å². The second-order valence-electron chi connectivity index (χ2n) is 4.26. The first-order chi connectivity index (χ1) is 9.33. The van der Waals surface area contributed by atoms with Crippen LogP contribution in [-0.4, -0.2) is 15.5 Å².